The second-order valence-corrected chi connectivity index (χ2v) is 9.79. The average molecular weight is 468 g/mol. The van der Waals surface area contributed by atoms with Gasteiger partial charge in [0.25, 0.3) is 0 Å². The SMILES string of the molecule is CCCCCCCCOc1ccc(-c2sc(-c3ccc(CCCCCC)cc3)nc2F)cc1. The summed E-state index contributed by atoms with van der Waals surface area (Å²) in [5, 5.41) is 0.725. The van der Waals surface area contributed by atoms with Crippen molar-refractivity contribution in [2.24, 2.45) is 0 Å². The number of benzene rings is 2. The fourth-order valence-corrected chi connectivity index (χ4v) is 4.90. The monoisotopic (exact) mass is 467 g/mol. The van der Waals surface area contributed by atoms with Gasteiger partial charge in [-0.1, -0.05) is 89.5 Å². The Morgan fingerprint density at radius 3 is 2.03 bits per heavy atom. The molecular weight excluding hydrogens is 429 g/mol. The zero-order valence-electron chi connectivity index (χ0n) is 20.2. The van der Waals surface area contributed by atoms with Gasteiger partial charge in [0.15, 0.2) is 0 Å². The number of nitrogens with zero attached hydrogens (tertiary/aromatic N) is 1. The number of aryl methyl sites for hydroxylation is 1. The number of ether oxygens (including phenoxy) is 1. The van der Waals surface area contributed by atoms with Crippen LogP contribution in [0.25, 0.3) is 21.0 Å². The minimum Gasteiger partial charge on any atom is -0.494 e. The average Bonchev–Trinajstić information content (AvgIpc) is 3.23. The van der Waals surface area contributed by atoms with Crippen molar-refractivity contribution >= 4 is 11.3 Å². The molecule has 3 aromatic rings. The van der Waals surface area contributed by atoms with Crippen molar-refractivity contribution in [3.8, 4) is 26.8 Å². The molecule has 0 spiro atoms. The van der Waals surface area contributed by atoms with Gasteiger partial charge in [-0.05, 0) is 54.7 Å². The van der Waals surface area contributed by atoms with Gasteiger partial charge in [-0.3, -0.25) is 0 Å². The van der Waals surface area contributed by atoms with Gasteiger partial charge >= 0.3 is 0 Å². The maximum atomic E-state index is 14.6. The predicted molar refractivity (Wildman–Crippen MR) is 140 cm³/mol. The van der Waals surface area contributed by atoms with Crippen LogP contribution in [0.15, 0.2) is 48.5 Å². The fourth-order valence-electron chi connectivity index (χ4n) is 3.95. The van der Waals surface area contributed by atoms with Gasteiger partial charge in [0.05, 0.1) is 11.5 Å². The Bertz CT molecular complexity index is 933. The van der Waals surface area contributed by atoms with E-state index in [9.17, 15) is 4.39 Å². The summed E-state index contributed by atoms with van der Waals surface area (Å²) in [6.45, 7) is 5.20. The van der Waals surface area contributed by atoms with Crippen LogP contribution in [0.3, 0.4) is 0 Å². The number of aromatic nitrogens is 1. The lowest BCUT2D eigenvalue weighted by Crippen LogP contribution is -1.97. The minimum absolute atomic E-state index is 0.403. The number of thiazole rings is 1. The molecular formula is C29H38FNOS. The molecule has 0 aliphatic rings. The quantitative estimate of drug-likeness (QED) is 0.208. The standard InChI is InChI=1S/C29H38FNOS/c1-3-5-7-9-10-12-22-32-26-20-18-24(19-21-26)27-28(30)31-29(33-27)25-16-14-23(15-17-25)13-11-8-6-4-2/h14-21H,3-13,22H2,1-2H3. The van der Waals surface area contributed by atoms with E-state index < -0.39 is 5.95 Å². The normalized spacial score (nSPS) is 11.1. The second-order valence-electron chi connectivity index (χ2n) is 8.79. The maximum absolute atomic E-state index is 14.6. The van der Waals surface area contributed by atoms with Gasteiger partial charge in [0.1, 0.15) is 10.8 Å². The second kappa shape index (κ2) is 14.1. The van der Waals surface area contributed by atoms with Crippen molar-refractivity contribution in [1.82, 2.24) is 4.98 Å². The molecule has 1 aromatic heterocycles. The van der Waals surface area contributed by atoms with E-state index in [1.54, 1.807) is 0 Å². The third-order valence-electron chi connectivity index (χ3n) is 5.99. The topological polar surface area (TPSA) is 22.1 Å². The molecule has 0 unspecified atom stereocenters. The van der Waals surface area contributed by atoms with Gasteiger partial charge in [-0.2, -0.15) is 4.39 Å². The molecule has 0 bridgehead atoms. The molecule has 0 N–H and O–H groups in total. The summed E-state index contributed by atoms with van der Waals surface area (Å²) in [6.07, 6.45) is 13.6. The van der Waals surface area contributed by atoms with Crippen LogP contribution < -0.4 is 4.74 Å². The van der Waals surface area contributed by atoms with Crippen LogP contribution in [-0.2, 0) is 6.42 Å². The van der Waals surface area contributed by atoms with E-state index in [4.69, 9.17) is 4.74 Å². The molecule has 0 atom stereocenters. The lowest BCUT2D eigenvalue weighted by Gasteiger charge is -2.07. The predicted octanol–water partition coefficient (Wildman–Crippen LogP) is 9.48. The van der Waals surface area contributed by atoms with Crippen LogP contribution in [0.4, 0.5) is 4.39 Å². The number of rotatable bonds is 15. The lowest BCUT2D eigenvalue weighted by atomic mass is 10.0. The molecule has 0 fully saturated rings. The molecule has 1 heterocycles. The van der Waals surface area contributed by atoms with Gasteiger partial charge in [0.2, 0.25) is 5.95 Å². The molecule has 0 saturated carbocycles. The van der Waals surface area contributed by atoms with Gasteiger partial charge in [-0.25, -0.2) is 4.98 Å². The van der Waals surface area contributed by atoms with Crippen molar-refractivity contribution in [2.45, 2.75) is 84.5 Å². The highest BCUT2D eigenvalue weighted by molar-refractivity contribution is 7.18. The van der Waals surface area contributed by atoms with E-state index >= 15 is 0 Å². The van der Waals surface area contributed by atoms with Crippen molar-refractivity contribution in [2.75, 3.05) is 6.61 Å². The summed E-state index contributed by atoms with van der Waals surface area (Å²) >= 11 is 1.41. The Labute approximate surface area is 203 Å². The molecule has 0 radical (unpaired) electrons. The van der Waals surface area contributed by atoms with Crippen molar-refractivity contribution < 1.29 is 9.13 Å². The van der Waals surface area contributed by atoms with E-state index in [1.807, 2.05) is 24.3 Å². The van der Waals surface area contributed by atoms with Crippen LogP contribution in [0, 0.1) is 5.95 Å². The van der Waals surface area contributed by atoms with Gasteiger partial charge in [-0.15, -0.1) is 11.3 Å². The van der Waals surface area contributed by atoms with Crippen LogP contribution in [0.1, 0.15) is 83.6 Å². The first-order chi connectivity index (χ1) is 16.2. The summed E-state index contributed by atoms with van der Waals surface area (Å²) in [7, 11) is 0. The molecule has 0 saturated heterocycles. The molecule has 0 aliphatic heterocycles. The van der Waals surface area contributed by atoms with Crippen molar-refractivity contribution in [3.05, 3.63) is 60.0 Å². The first-order valence-corrected chi connectivity index (χ1v) is 13.5. The van der Waals surface area contributed by atoms with Crippen LogP contribution >= 0.6 is 11.3 Å². The third kappa shape index (κ3) is 8.26. The number of hydrogen-bond donors (Lipinski definition) is 0. The third-order valence-corrected chi connectivity index (χ3v) is 7.12. The van der Waals surface area contributed by atoms with E-state index in [1.165, 1.54) is 74.7 Å². The van der Waals surface area contributed by atoms with Gasteiger partial charge < -0.3 is 4.74 Å². The Kier molecular flexibility index (Phi) is 10.9. The van der Waals surface area contributed by atoms with Crippen molar-refractivity contribution in [1.29, 1.82) is 0 Å². The van der Waals surface area contributed by atoms with Gasteiger partial charge in [0, 0.05) is 5.56 Å². The van der Waals surface area contributed by atoms with Crippen LogP contribution in [0.5, 0.6) is 5.75 Å². The summed E-state index contributed by atoms with van der Waals surface area (Å²) in [5.74, 6) is 0.436. The summed E-state index contributed by atoms with van der Waals surface area (Å²) in [6, 6.07) is 16.1. The molecule has 2 aromatic carbocycles. The first kappa shape index (κ1) is 25.4. The van der Waals surface area contributed by atoms with E-state index in [-0.39, 0.29) is 0 Å². The summed E-state index contributed by atoms with van der Waals surface area (Å²) in [5.41, 5.74) is 3.15. The zero-order chi connectivity index (χ0) is 23.3. The Hall–Kier alpha value is -2.20. The minimum atomic E-state index is -0.403. The van der Waals surface area contributed by atoms with Crippen molar-refractivity contribution in [3.63, 3.8) is 0 Å². The van der Waals surface area contributed by atoms with E-state index in [0.717, 1.165) is 41.3 Å². The number of halogens is 1. The zero-order valence-corrected chi connectivity index (χ0v) is 21.1. The Morgan fingerprint density at radius 2 is 1.33 bits per heavy atom. The first-order valence-electron chi connectivity index (χ1n) is 12.7. The largest absolute Gasteiger partial charge is 0.494 e. The molecule has 178 valence electrons. The highest BCUT2D eigenvalue weighted by atomic mass is 32.1. The Morgan fingerprint density at radius 1 is 0.727 bits per heavy atom. The molecule has 0 amide bonds. The highest BCUT2D eigenvalue weighted by Crippen LogP contribution is 2.35. The van der Waals surface area contributed by atoms with Crippen LogP contribution in [-0.4, -0.2) is 11.6 Å². The van der Waals surface area contributed by atoms with E-state index in [2.05, 4.69) is 43.1 Å². The summed E-state index contributed by atoms with van der Waals surface area (Å²) in [4.78, 5) is 4.79. The number of unbranched alkanes of at least 4 members (excludes halogenated alkanes) is 8. The molecule has 33 heavy (non-hydrogen) atoms. The molecule has 0 aliphatic carbocycles. The van der Waals surface area contributed by atoms with E-state index in [0.29, 0.717) is 4.88 Å². The molecule has 3 rings (SSSR count). The Balaban J connectivity index is 1.53. The molecule has 2 nitrogen and oxygen atoms in total. The summed E-state index contributed by atoms with van der Waals surface area (Å²) < 4.78 is 20.5. The maximum Gasteiger partial charge on any atom is 0.232 e. The highest BCUT2D eigenvalue weighted by Gasteiger charge is 2.14. The molecule has 4 heteroatoms. The fraction of sp³-hybridized carbons (Fsp3) is 0.483. The van der Waals surface area contributed by atoms with Crippen LogP contribution in [0.2, 0.25) is 0 Å². The number of hydrogen-bond acceptors (Lipinski definition) is 3. The lowest BCUT2D eigenvalue weighted by molar-refractivity contribution is 0.304. The smallest absolute Gasteiger partial charge is 0.232 e.